The quantitative estimate of drug-likeness (QED) is 0.800. The summed E-state index contributed by atoms with van der Waals surface area (Å²) in [6.07, 6.45) is 0.906. The fourth-order valence-corrected chi connectivity index (χ4v) is 3.38. The molecule has 1 aliphatic carbocycles. The normalized spacial score (nSPS) is 30.1. The van der Waals surface area contributed by atoms with E-state index in [4.69, 9.17) is 5.26 Å². The van der Waals surface area contributed by atoms with Crippen LogP contribution in [-0.4, -0.2) is 54.7 Å². The Morgan fingerprint density at radius 1 is 1.00 bits per heavy atom. The topological polar surface area (TPSA) is 30.3 Å². The maximum absolute atomic E-state index is 12.3. The van der Waals surface area contributed by atoms with E-state index < -0.39 is 12.7 Å². The van der Waals surface area contributed by atoms with Crippen LogP contribution in [0.1, 0.15) is 32.1 Å². The lowest BCUT2D eigenvalue weighted by atomic mass is 9.83. The average molecular weight is 289 g/mol. The zero-order valence-corrected chi connectivity index (χ0v) is 11.7. The molecule has 1 aliphatic heterocycles. The number of halogens is 3. The smallest absolute Gasteiger partial charge is 0.298 e. The van der Waals surface area contributed by atoms with E-state index in [1.165, 1.54) is 4.90 Å². The van der Waals surface area contributed by atoms with Gasteiger partial charge in [-0.05, 0) is 31.6 Å². The van der Waals surface area contributed by atoms with Gasteiger partial charge in [0.1, 0.15) is 0 Å². The lowest BCUT2D eigenvalue weighted by Crippen LogP contribution is -2.52. The van der Waals surface area contributed by atoms with E-state index in [1.807, 2.05) is 0 Å². The fraction of sp³-hybridized carbons (Fsp3) is 0.929. The lowest BCUT2D eigenvalue weighted by Gasteiger charge is -2.41. The zero-order valence-electron chi connectivity index (χ0n) is 11.7. The van der Waals surface area contributed by atoms with Crippen molar-refractivity contribution in [1.29, 1.82) is 5.26 Å². The minimum atomic E-state index is -4.09. The monoisotopic (exact) mass is 289 g/mol. The second-order valence-corrected chi connectivity index (χ2v) is 5.96. The van der Waals surface area contributed by atoms with Crippen LogP contribution in [0.3, 0.4) is 0 Å². The molecule has 2 aliphatic rings. The number of alkyl halides is 3. The van der Waals surface area contributed by atoms with Crippen LogP contribution in [0, 0.1) is 17.2 Å². The molecule has 0 spiro atoms. The summed E-state index contributed by atoms with van der Waals surface area (Å²) in [4.78, 5) is 3.84. The van der Waals surface area contributed by atoms with Crippen molar-refractivity contribution in [3.63, 3.8) is 0 Å². The first-order chi connectivity index (χ1) is 9.48. The van der Waals surface area contributed by atoms with Gasteiger partial charge in [0, 0.05) is 38.6 Å². The van der Waals surface area contributed by atoms with E-state index in [1.54, 1.807) is 0 Å². The van der Waals surface area contributed by atoms with Crippen LogP contribution >= 0.6 is 0 Å². The number of nitriles is 1. The number of rotatable bonds is 3. The molecule has 0 N–H and O–H groups in total. The number of nitrogens with zero attached hydrogens (tertiary/aromatic N) is 3. The summed E-state index contributed by atoms with van der Waals surface area (Å²) in [5.41, 5.74) is 0. The van der Waals surface area contributed by atoms with Gasteiger partial charge in [-0.1, -0.05) is 0 Å². The van der Waals surface area contributed by atoms with Crippen LogP contribution < -0.4 is 0 Å². The van der Waals surface area contributed by atoms with Gasteiger partial charge in [0.25, 0.3) is 0 Å². The maximum atomic E-state index is 12.3. The molecule has 0 aromatic carbocycles. The van der Waals surface area contributed by atoms with E-state index in [0.29, 0.717) is 31.5 Å². The molecule has 0 bridgehead atoms. The molecule has 3 nitrogen and oxygen atoms in total. The SMILES string of the molecule is N#CCC1CCC(N2CCN(CC(F)(F)F)CC2)CC1. The van der Waals surface area contributed by atoms with E-state index in [0.717, 1.165) is 38.8 Å². The van der Waals surface area contributed by atoms with E-state index in [-0.39, 0.29) is 0 Å². The molecule has 0 radical (unpaired) electrons. The van der Waals surface area contributed by atoms with Crippen molar-refractivity contribution in [3.8, 4) is 6.07 Å². The standard InChI is InChI=1S/C14H22F3N3/c15-14(16,17)11-19-7-9-20(10-8-19)13-3-1-12(2-4-13)5-6-18/h12-13H,1-5,7-11H2. The minimum absolute atomic E-state index is 0.512. The Hall–Kier alpha value is -0.800. The van der Waals surface area contributed by atoms with Gasteiger partial charge in [-0.2, -0.15) is 18.4 Å². The Morgan fingerprint density at radius 3 is 2.10 bits per heavy atom. The molecule has 1 saturated carbocycles. The van der Waals surface area contributed by atoms with Crippen molar-refractivity contribution in [3.05, 3.63) is 0 Å². The van der Waals surface area contributed by atoms with Crippen LogP contribution in [0.2, 0.25) is 0 Å². The number of hydrogen-bond acceptors (Lipinski definition) is 3. The first-order valence-electron chi connectivity index (χ1n) is 7.38. The third-order valence-electron chi connectivity index (χ3n) is 4.52. The van der Waals surface area contributed by atoms with Gasteiger partial charge in [0.2, 0.25) is 0 Å². The van der Waals surface area contributed by atoms with E-state index in [9.17, 15) is 13.2 Å². The number of hydrogen-bond donors (Lipinski definition) is 0. The van der Waals surface area contributed by atoms with E-state index >= 15 is 0 Å². The molecule has 114 valence electrons. The molecule has 20 heavy (non-hydrogen) atoms. The Morgan fingerprint density at radius 2 is 1.60 bits per heavy atom. The summed E-state index contributed by atoms with van der Waals surface area (Å²) < 4.78 is 37.0. The van der Waals surface area contributed by atoms with Gasteiger partial charge in [0.05, 0.1) is 12.6 Å². The molecule has 0 atom stereocenters. The van der Waals surface area contributed by atoms with Crippen LogP contribution in [0.4, 0.5) is 13.2 Å². The van der Waals surface area contributed by atoms with E-state index in [2.05, 4.69) is 11.0 Å². The molecule has 2 fully saturated rings. The predicted octanol–water partition coefficient (Wildman–Crippen LogP) is 2.64. The Bertz CT molecular complexity index is 335. The molecule has 1 heterocycles. The first-order valence-corrected chi connectivity index (χ1v) is 7.38. The second kappa shape index (κ2) is 6.77. The molecular formula is C14H22F3N3. The summed E-state index contributed by atoms with van der Waals surface area (Å²) in [6.45, 7) is 1.72. The van der Waals surface area contributed by atoms with Gasteiger partial charge >= 0.3 is 6.18 Å². The average Bonchev–Trinajstić information content (AvgIpc) is 2.39. The second-order valence-electron chi connectivity index (χ2n) is 5.96. The Balaban J connectivity index is 1.71. The largest absolute Gasteiger partial charge is 0.401 e. The Kier molecular flexibility index (Phi) is 5.28. The molecule has 0 aromatic heterocycles. The van der Waals surface area contributed by atoms with Crippen LogP contribution in [0.25, 0.3) is 0 Å². The molecule has 6 heteroatoms. The zero-order chi connectivity index (χ0) is 14.6. The third-order valence-corrected chi connectivity index (χ3v) is 4.52. The van der Waals surface area contributed by atoms with Crippen molar-refractivity contribution in [1.82, 2.24) is 9.80 Å². The Labute approximate surface area is 118 Å². The molecule has 0 amide bonds. The van der Waals surface area contributed by atoms with Crippen molar-refractivity contribution in [2.24, 2.45) is 5.92 Å². The summed E-state index contributed by atoms with van der Waals surface area (Å²) >= 11 is 0. The predicted molar refractivity (Wildman–Crippen MR) is 70.0 cm³/mol. The highest BCUT2D eigenvalue weighted by Gasteiger charge is 2.34. The lowest BCUT2D eigenvalue weighted by molar-refractivity contribution is -0.150. The number of piperazine rings is 1. The maximum Gasteiger partial charge on any atom is 0.401 e. The van der Waals surface area contributed by atoms with Crippen LogP contribution in [0.5, 0.6) is 0 Å². The first kappa shape index (κ1) is 15.6. The van der Waals surface area contributed by atoms with Crippen molar-refractivity contribution in [2.75, 3.05) is 32.7 Å². The highest BCUT2D eigenvalue weighted by atomic mass is 19.4. The van der Waals surface area contributed by atoms with Gasteiger partial charge in [-0.15, -0.1) is 0 Å². The summed E-state index contributed by atoms with van der Waals surface area (Å²) in [5, 5.41) is 8.70. The summed E-state index contributed by atoms with van der Waals surface area (Å²) in [6, 6.07) is 2.74. The minimum Gasteiger partial charge on any atom is -0.298 e. The summed E-state index contributed by atoms with van der Waals surface area (Å²) in [7, 11) is 0. The van der Waals surface area contributed by atoms with Gasteiger partial charge in [0.15, 0.2) is 0 Å². The summed E-state index contributed by atoms with van der Waals surface area (Å²) in [5.74, 6) is 0.530. The van der Waals surface area contributed by atoms with Crippen molar-refractivity contribution in [2.45, 2.75) is 44.3 Å². The third kappa shape index (κ3) is 4.64. The van der Waals surface area contributed by atoms with Crippen molar-refractivity contribution < 1.29 is 13.2 Å². The molecule has 0 unspecified atom stereocenters. The van der Waals surface area contributed by atoms with Gasteiger partial charge < -0.3 is 0 Å². The van der Waals surface area contributed by atoms with Crippen LogP contribution in [-0.2, 0) is 0 Å². The molecule has 1 saturated heterocycles. The highest BCUT2D eigenvalue weighted by molar-refractivity contribution is 4.86. The van der Waals surface area contributed by atoms with Crippen LogP contribution in [0.15, 0.2) is 0 Å². The van der Waals surface area contributed by atoms with Crippen molar-refractivity contribution >= 4 is 0 Å². The van der Waals surface area contributed by atoms with Gasteiger partial charge in [-0.25, -0.2) is 0 Å². The van der Waals surface area contributed by atoms with Gasteiger partial charge in [-0.3, -0.25) is 9.80 Å². The molecule has 0 aromatic rings. The molecule has 2 rings (SSSR count). The highest BCUT2D eigenvalue weighted by Crippen LogP contribution is 2.30. The fourth-order valence-electron chi connectivity index (χ4n) is 3.38. The molecular weight excluding hydrogens is 267 g/mol.